The van der Waals surface area contributed by atoms with Gasteiger partial charge in [0.15, 0.2) is 11.2 Å². The second-order valence-corrected chi connectivity index (χ2v) is 7.91. The number of nitrogens with zero attached hydrogens (tertiary/aromatic N) is 5. The Bertz CT molecular complexity index is 1730. The van der Waals surface area contributed by atoms with Gasteiger partial charge in [0.1, 0.15) is 18.0 Å². The number of hydrogen-bond donors (Lipinski definition) is 1. The third kappa shape index (κ3) is 3.36. The highest BCUT2D eigenvalue weighted by atomic mass is 16.5. The Morgan fingerprint density at radius 2 is 1.80 bits per heavy atom. The predicted octanol–water partition coefficient (Wildman–Crippen LogP) is 1.31. The standard InChI is InChI=1S/C24H22N6O5/c1-27-21-20(22(32)29(24(27)33)13-19(25)31)28-12-17(14-7-5-4-6-8-14)30(23(28)26-21)16-10-9-15(34-2)11-18(16)35-3/h4-12H,13H2,1-3H3,(H2,25,31). The molecule has 1 amide bonds. The summed E-state index contributed by atoms with van der Waals surface area (Å²) >= 11 is 0. The van der Waals surface area contributed by atoms with E-state index in [1.165, 1.54) is 11.6 Å². The molecule has 0 fully saturated rings. The number of benzene rings is 2. The number of carbonyl (C=O) groups is 1. The highest BCUT2D eigenvalue weighted by Crippen LogP contribution is 2.34. The van der Waals surface area contributed by atoms with Crippen LogP contribution in [0.3, 0.4) is 0 Å². The molecule has 0 atom stereocenters. The number of methoxy groups -OCH3 is 2. The van der Waals surface area contributed by atoms with Crippen LogP contribution in [-0.2, 0) is 18.4 Å². The largest absolute Gasteiger partial charge is 0.497 e. The van der Waals surface area contributed by atoms with Crippen LogP contribution in [0.5, 0.6) is 11.5 Å². The van der Waals surface area contributed by atoms with E-state index in [9.17, 15) is 14.4 Å². The van der Waals surface area contributed by atoms with Crippen molar-refractivity contribution in [1.29, 1.82) is 0 Å². The quantitative estimate of drug-likeness (QED) is 0.395. The fourth-order valence-corrected chi connectivity index (χ4v) is 4.21. The Balaban J connectivity index is 1.94. The van der Waals surface area contributed by atoms with Crippen LogP contribution in [0.1, 0.15) is 0 Å². The first kappa shape index (κ1) is 22.0. The van der Waals surface area contributed by atoms with Crippen LogP contribution in [0.2, 0.25) is 0 Å². The van der Waals surface area contributed by atoms with E-state index in [0.29, 0.717) is 23.0 Å². The maximum absolute atomic E-state index is 13.3. The number of primary amides is 1. The van der Waals surface area contributed by atoms with Gasteiger partial charge in [-0.25, -0.2) is 9.36 Å². The van der Waals surface area contributed by atoms with E-state index in [1.807, 2.05) is 41.0 Å². The van der Waals surface area contributed by atoms with Gasteiger partial charge in [0.2, 0.25) is 11.7 Å². The number of nitrogens with two attached hydrogens (primary N) is 1. The minimum Gasteiger partial charge on any atom is -0.497 e. The lowest BCUT2D eigenvalue weighted by Gasteiger charge is -2.14. The van der Waals surface area contributed by atoms with E-state index in [0.717, 1.165) is 15.8 Å². The lowest BCUT2D eigenvalue weighted by atomic mass is 10.1. The highest BCUT2D eigenvalue weighted by Gasteiger charge is 2.24. The fraction of sp³-hybridized carbons (Fsp3) is 0.167. The molecule has 0 radical (unpaired) electrons. The molecule has 0 saturated carbocycles. The average molecular weight is 474 g/mol. The first-order valence-corrected chi connectivity index (χ1v) is 10.6. The molecule has 0 bridgehead atoms. The Hall–Kier alpha value is -4.80. The number of aryl methyl sites for hydroxylation is 1. The van der Waals surface area contributed by atoms with Gasteiger partial charge < -0.3 is 15.2 Å². The molecular formula is C24H22N6O5. The van der Waals surface area contributed by atoms with Crippen LogP contribution in [0.25, 0.3) is 33.9 Å². The number of amides is 1. The van der Waals surface area contributed by atoms with Gasteiger partial charge in [0.05, 0.1) is 25.6 Å². The molecule has 0 aliphatic carbocycles. The Labute approximate surface area is 198 Å². The van der Waals surface area contributed by atoms with Crippen LogP contribution in [0.4, 0.5) is 0 Å². The van der Waals surface area contributed by atoms with E-state index in [-0.39, 0.29) is 11.2 Å². The van der Waals surface area contributed by atoms with Crippen LogP contribution >= 0.6 is 0 Å². The maximum Gasteiger partial charge on any atom is 0.332 e. The van der Waals surface area contributed by atoms with E-state index in [2.05, 4.69) is 4.98 Å². The third-order valence-corrected chi connectivity index (χ3v) is 5.86. The Morgan fingerprint density at radius 1 is 1.06 bits per heavy atom. The van der Waals surface area contributed by atoms with Crippen molar-refractivity contribution in [2.45, 2.75) is 6.54 Å². The van der Waals surface area contributed by atoms with E-state index >= 15 is 0 Å². The molecule has 5 aromatic rings. The van der Waals surface area contributed by atoms with Crippen LogP contribution in [0.15, 0.2) is 64.3 Å². The second kappa shape index (κ2) is 8.20. The normalized spacial score (nSPS) is 11.3. The average Bonchev–Trinajstić information content (AvgIpc) is 3.42. The second-order valence-electron chi connectivity index (χ2n) is 7.91. The lowest BCUT2D eigenvalue weighted by Crippen LogP contribution is -2.42. The first-order valence-electron chi connectivity index (χ1n) is 10.6. The van der Waals surface area contributed by atoms with Crippen LogP contribution in [0, 0.1) is 0 Å². The Kier molecular flexibility index (Phi) is 5.16. The monoisotopic (exact) mass is 474 g/mol. The van der Waals surface area contributed by atoms with Gasteiger partial charge in [-0.1, -0.05) is 30.3 Å². The molecule has 11 nitrogen and oxygen atoms in total. The highest BCUT2D eigenvalue weighted by molar-refractivity contribution is 5.80. The summed E-state index contributed by atoms with van der Waals surface area (Å²) in [6, 6.07) is 15.0. The van der Waals surface area contributed by atoms with Crippen molar-refractivity contribution < 1.29 is 14.3 Å². The number of imidazole rings is 2. The van der Waals surface area contributed by atoms with Crippen molar-refractivity contribution in [3.8, 4) is 28.4 Å². The summed E-state index contributed by atoms with van der Waals surface area (Å²) in [6.45, 7) is -0.534. The van der Waals surface area contributed by atoms with Crippen molar-refractivity contribution in [3.63, 3.8) is 0 Å². The van der Waals surface area contributed by atoms with Crippen molar-refractivity contribution in [2.75, 3.05) is 14.2 Å². The summed E-state index contributed by atoms with van der Waals surface area (Å²) in [7, 11) is 4.61. The lowest BCUT2D eigenvalue weighted by molar-refractivity contribution is -0.118. The zero-order valence-electron chi connectivity index (χ0n) is 19.3. The first-order chi connectivity index (χ1) is 16.8. The van der Waals surface area contributed by atoms with Gasteiger partial charge in [-0.05, 0) is 12.1 Å². The van der Waals surface area contributed by atoms with E-state index in [4.69, 9.17) is 15.2 Å². The predicted molar refractivity (Wildman–Crippen MR) is 129 cm³/mol. The molecule has 0 saturated heterocycles. The van der Waals surface area contributed by atoms with E-state index in [1.54, 1.807) is 36.9 Å². The van der Waals surface area contributed by atoms with Crippen molar-refractivity contribution in [3.05, 3.63) is 75.6 Å². The van der Waals surface area contributed by atoms with Gasteiger partial charge >= 0.3 is 5.69 Å². The van der Waals surface area contributed by atoms with Crippen LogP contribution < -0.4 is 26.5 Å². The Morgan fingerprint density at radius 3 is 2.46 bits per heavy atom. The molecule has 11 heteroatoms. The number of rotatable bonds is 6. The summed E-state index contributed by atoms with van der Waals surface area (Å²) in [5.74, 6) is 0.716. The minimum atomic E-state index is -0.796. The summed E-state index contributed by atoms with van der Waals surface area (Å²) in [6.07, 6.45) is 1.77. The van der Waals surface area contributed by atoms with Gasteiger partial charge in [-0.2, -0.15) is 4.98 Å². The van der Waals surface area contributed by atoms with E-state index < -0.39 is 23.7 Å². The fourth-order valence-electron chi connectivity index (χ4n) is 4.21. The molecule has 35 heavy (non-hydrogen) atoms. The molecule has 0 spiro atoms. The number of carbonyl (C=O) groups excluding carboxylic acids is 1. The minimum absolute atomic E-state index is 0.145. The zero-order chi connectivity index (χ0) is 24.9. The number of hydrogen-bond acceptors (Lipinski definition) is 6. The molecule has 178 valence electrons. The van der Waals surface area contributed by atoms with Crippen molar-refractivity contribution in [1.82, 2.24) is 23.1 Å². The SMILES string of the molecule is COc1ccc(-n2c(-c3ccccc3)cn3c4c(=O)n(CC(N)=O)c(=O)n(C)c4nc23)c(OC)c1. The van der Waals surface area contributed by atoms with Crippen molar-refractivity contribution in [2.24, 2.45) is 12.8 Å². The summed E-state index contributed by atoms with van der Waals surface area (Å²) in [4.78, 5) is 42.3. The van der Waals surface area contributed by atoms with Crippen molar-refractivity contribution >= 4 is 22.8 Å². The zero-order valence-corrected chi connectivity index (χ0v) is 19.3. The third-order valence-electron chi connectivity index (χ3n) is 5.86. The number of aromatic nitrogens is 5. The summed E-state index contributed by atoms with van der Waals surface area (Å²) in [5, 5.41) is 0. The number of ether oxygens (including phenoxy) is 2. The van der Waals surface area contributed by atoms with Gasteiger partial charge in [0.25, 0.3) is 5.56 Å². The maximum atomic E-state index is 13.3. The molecule has 2 N–H and O–H groups in total. The molecule has 0 unspecified atom stereocenters. The smallest absolute Gasteiger partial charge is 0.332 e. The molecule has 0 aliphatic heterocycles. The molecule has 3 heterocycles. The van der Waals surface area contributed by atoms with Gasteiger partial charge in [-0.3, -0.25) is 23.1 Å². The molecule has 5 rings (SSSR count). The summed E-state index contributed by atoms with van der Waals surface area (Å²) < 4.78 is 16.5. The topological polar surface area (TPSA) is 128 Å². The molecule has 3 aromatic heterocycles. The molecule has 2 aromatic carbocycles. The summed E-state index contributed by atoms with van der Waals surface area (Å²) in [5.41, 5.74) is 6.51. The van der Waals surface area contributed by atoms with Gasteiger partial charge in [-0.15, -0.1) is 0 Å². The number of fused-ring (bicyclic) bond motifs is 3. The van der Waals surface area contributed by atoms with Gasteiger partial charge in [0, 0.05) is 24.9 Å². The van der Waals surface area contributed by atoms with Crippen LogP contribution in [-0.4, -0.2) is 43.2 Å². The molecular weight excluding hydrogens is 452 g/mol. The molecule has 0 aliphatic rings.